The lowest BCUT2D eigenvalue weighted by Crippen LogP contribution is -2.26. The SMILES string of the molecule is COc1cc(C2CCNCC2)ccc1Nc1ncc2ccc(-c3cccc4c3NC(=O)C4)n2n1.Cl. The van der Waals surface area contributed by atoms with Crippen LogP contribution in [0, 0.1) is 0 Å². The van der Waals surface area contributed by atoms with E-state index in [2.05, 4.69) is 33.1 Å². The summed E-state index contributed by atoms with van der Waals surface area (Å²) in [6, 6.07) is 16.3. The van der Waals surface area contributed by atoms with Crippen LogP contribution in [0.3, 0.4) is 0 Å². The van der Waals surface area contributed by atoms with Gasteiger partial charge >= 0.3 is 0 Å². The maximum absolute atomic E-state index is 12.0. The Morgan fingerprint density at radius 2 is 1.97 bits per heavy atom. The van der Waals surface area contributed by atoms with E-state index in [-0.39, 0.29) is 18.3 Å². The lowest BCUT2D eigenvalue weighted by Gasteiger charge is -2.24. The fraction of sp³-hybridized carbons (Fsp3) is 0.269. The second-order valence-electron chi connectivity index (χ2n) is 8.81. The molecule has 3 N–H and O–H groups in total. The summed E-state index contributed by atoms with van der Waals surface area (Å²) in [6.45, 7) is 2.10. The molecule has 0 atom stereocenters. The second kappa shape index (κ2) is 9.56. The van der Waals surface area contributed by atoms with Crippen LogP contribution in [0.2, 0.25) is 0 Å². The highest BCUT2D eigenvalue weighted by atomic mass is 35.5. The number of fused-ring (bicyclic) bond motifs is 2. The Morgan fingerprint density at radius 3 is 2.80 bits per heavy atom. The molecule has 35 heavy (non-hydrogen) atoms. The summed E-state index contributed by atoms with van der Waals surface area (Å²) in [7, 11) is 1.69. The van der Waals surface area contributed by atoms with Crippen molar-refractivity contribution in [1.29, 1.82) is 0 Å². The van der Waals surface area contributed by atoms with E-state index in [1.807, 2.05) is 40.9 Å². The van der Waals surface area contributed by atoms with Gasteiger partial charge in [0.2, 0.25) is 11.9 Å². The first kappa shape index (κ1) is 23.1. The highest BCUT2D eigenvalue weighted by Crippen LogP contribution is 2.36. The molecule has 4 aromatic rings. The normalized spacial score (nSPS) is 15.4. The number of nitrogens with zero attached hydrogens (tertiary/aromatic N) is 3. The minimum Gasteiger partial charge on any atom is -0.495 e. The molecule has 8 nitrogen and oxygen atoms in total. The third-order valence-electron chi connectivity index (χ3n) is 6.72. The number of para-hydroxylation sites is 1. The van der Waals surface area contributed by atoms with Gasteiger partial charge in [0, 0.05) is 5.56 Å². The topological polar surface area (TPSA) is 92.6 Å². The minimum atomic E-state index is 0. The molecule has 0 spiro atoms. The Bertz CT molecular complexity index is 1400. The first-order valence-electron chi connectivity index (χ1n) is 11.6. The van der Waals surface area contributed by atoms with Gasteiger partial charge in [-0.2, -0.15) is 0 Å². The molecule has 6 rings (SSSR count). The summed E-state index contributed by atoms with van der Waals surface area (Å²) in [5, 5.41) is 14.5. The van der Waals surface area contributed by atoms with Gasteiger partial charge in [-0.1, -0.05) is 24.3 Å². The van der Waals surface area contributed by atoms with Crippen molar-refractivity contribution in [2.75, 3.05) is 30.8 Å². The zero-order chi connectivity index (χ0) is 23.1. The van der Waals surface area contributed by atoms with Crippen molar-refractivity contribution in [1.82, 2.24) is 19.9 Å². The molecule has 0 unspecified atom stereocenters. The van der Waals surface area contributed by atoms with Gasteiger partial charge < -0.3 is 20.7 Å². The zero-order valence-corrected chi connectivity index (χ0v) is 20.2. The molecule has 180 valence electrons. The molecule has 9 heteroatoms. The van der Waals surface area contributed by atoms with Crippen LogP contribution in [0.15, 0.2) is 54.7 Å². The lowest BCUT2D eigenvalue weighted by molar-refractivity contribution is -0.115. The molecule has 4 heterocycles. The molecule has 0 saturated carbocycles. The molecule has 2 aromatic carbocycles. The van der Waals surface area contributed by atoms with Gasteiger partial charge in [0.05, 0.1) is 42.3 Å². The summed E-state index contributed by atoms with van der Waals surface area (Å²) < 4.78 is 7.55. The molecule has 0 bridgehead atoms. The number of amides is 1. The Morgan fingerprint density at radius 1 is 1.11 bits per heavy atom. The largest absolute Gasteiger partial charge is 0.495 e. The number of methoxy groups -OCH3 is 1. The lowest BCUT2D eigenvalue weighted by atomic mass is 9.90. The number of anilines is 3. The van der Waals surface area contributed by atoms with Crippen molar-refractivity contribution in [3.8, 4) is 17.0 Å². The van der Waals surface area contributed by atoms with Gasteiger partial charge in [0.1, 0.15) is 5.75 Å². The van der Waals surface area contributed by atoms with Gasteiger partial charge in [-0.3, -0.25) is 4.79 Å². The van der Waals surface area contributed by atoms with Crippen molar-refractivity contribution < 1.29 is 9.53 Å². The number of hydrogen-bond acceptors (Lipinski definition) is 6. The number of carbonyl (C=O) groups is 1. The van der Waals surface area contributed by atoms with Gasteiger partial charge in [-0.05, 0) is 67.2 Å². The van der Waals surface area contributed by atoms with Crippen molar-refractivity contribution in [2.45, 2.75) is 25.2 Å². The van der Waals surface area contributed by atoms with E-state index in [1.54, 1.807) is 13.3 Å². The smallest absolute Gasteiger partial charge is 0.245 e. The van der Waals surface area contributed by atoms with Crippen LogP contribution in [0.5, 0.6) is 5.75 Å². The van der Waals surface area contributed by atoms with Crippen molar-refractivity contribution in [3.05, 3.63) is 65.9 Å². The summed E-state index contributed by atoms with van der Waals surface area (Å²) >= 11 is 0. The van der Waals surface area contributed by atoms with E-state index in [0.29, 0.717) is 18.3 Å². The molecule has 0 radical (unpaired) electrons. The quantitative estimate of drug-likeness (QED) is 0.380. The Kier molecular flexibility index (Phi) is 6.32. The first-order valence-corrected chi connectivity index (χ1v) is 11.6. The number of carbonyl (C=O) groups excluding carboxylic acids is 1. The summed E-state index contributed by atoms with van der Waals surface area (Å²) in [5.74, 6) is 1.80. The van der Waals surface area contributed by atoms with Crippen LogP contribution >= 0.6 is 12.4 Å². The van der Waals surface area contributed by atoms with E-state index in [1.165, 1.54) is 5.56 Å². The maximum atomic E-state index is 12.0. The monoisotopic (exact) mass is 490 g/mol. The Balaban J connectivity index is 0.00000253. The number of rotatable bonds is 5. The van der Waals surface area contributed by atoms with Crippen LogP contribution in [-0.2, 0) is 11.2 Å². The van der Waals surface area contributed by atoms with Crippen LogP contribution < -0.4 is 20.7 Å². The summed E-state index contributed by atoms with van der Waals surface area (Å²) in [5.41, 5.74) is 6.69. The van der Waals surface area contributed by atoms with E-state index in [0.717, 1.165) is 65.4 Å². The number of ether oxygens (including phenoxy) is 1. The molecular weight excluding hydrogens is 464 g/mol. The standard InChI is InChI=1S/C26H26N6O2.ClH/c1-34-23-13-17(16-9-11-27-12-10-16)5-7-21(23)29-26-28-15-19-6-8-22(32(19)31-26)20-4-2-3-18-14-24(33)30-25(18)20;/h2-8,13,15-16,27H,9-12,14H2,1H3,(H,29,31)(H,30,33);1H. The maximum Gasteiger partial charge on any atom is 0.245 e. The van der Waals surface area contributed by atoms with Gasteiger partial charge in [0.25, 0.3) is 0 Å². The number of aromatic nitrogens is 3. The molecule has 1 fully saturated rings. The van der Waals surface area contributed by atoms with Crippen LogP contribution in [0.25, 0.3) is 16.8 Å². The van der Waals surface area contributed by atoms with Gasteiger partial charge in [-0.15, -0.1) is 17.5 Å². The summed E-state index contributed by atoms with van der Waals surface area (Å²) in [6.07, 6.45) is 4.46. The van der Waals surface area contributed by atoms with E-state index >= 15 is 0 Å². The van der Waals surface area contributed by atoms with Gasteiger partial charge in [-0.25, -0.2) is 9.50 Å². The summed E-state index contributed by atoms with van der Waals surface area (Å²) in [4.78, 5) is 16.5. The number of hydrogen-bond donors (Lipinski definition) is 3. The third-order valence-corrected chi connectivity index (χ3v) is 6.72. The highest BCUT2D eigenvalue weighted by Gasteiger charge is 2.23. The zero-order valence-electron chi connectivity index (χ0n) is 19.4. The fourth-order valence-corrected chi connectivity index (χ4v) is 4.97. The van der Waals surface area contributed by atoms with Crippen LogP contribution in [0.1, 0.15) is 29.9 Å². The molecule has 1 saturated heterocycles. The predicted molar refractivity (Wildman–Crippen MR) is 139 cm³/mol. The van der Waals surface area contributed by atoms with E-state index in [9.17, 15) is 4.79 Å². The van der Waals surface area contributed by atoms with Crippen LogP contribution in [-0.4, -0.2) is 40.7 Å². The Hall–Kier alpha value is -3.62. The molecule has 2 aliphatic rings. The third kappa shape index (κ3) is 4.31. The fourth-order valence-electron chi connectivity index (χ4n) is 4.97. The van der Waals surface area contributed by atoms with Crippen molar-refractivity contribution >= 4 is 41.2 Å². The number of benzene rings is 2. The molecular formula is C26H27ClN6O2. The average molecular weight is 491 g/mol. The molecule has 2 aromatic heterocycles. The number of nitrogens with one attached hydrogen (secondary N) is 3. The van der Waals surface area contributed by atoms with Gasteiger partial charge in [0.15, 0.2) is 0 Å². The Labute approximate surface area is 209 Å². The number of halogens is 1. The average Bonchev–Trinajstić information content (AvgIpc) is 3.47. The van der Waals surface area contributed by atoms with E-state index in [4.69, 9.17) is 9.84 Å². The second-order valence-corrected chi connectivity index (χ2v) is 8.81. The minimum absolute atomic E-state index is 0. The molecule has 1 amide bonds. The van der Waals surface area contributed by atoms with E-state index < -0.39 is 0 Å². The first-order chi connectivity index (χ1) is 16.7. The molecule has 0 aliphatic carbocycles. The van der Waals surface area contributed by atoms with Crippen molar-refractivity contribution in [2.24, 2.45) is 0 Å². The molecule has 2 aliphatic heterocycles. The van der Waals surface area contributed by atoms with Crippen molar-refractivity contribution in [3.63, 3.8) is 0 Å². The predicted octanol–water partition coefficient (Wildman–Crippen LogP) is 4.53. The number of piperidine rings is 1. The van der Waals surface area contributed by atoms with Crippen LogP contribution in [0.4, 0.5) is 17.3 Å². The highest BCUT2D eigenvalue weighted by molar-refractivity contribution is 6.03.